The zero-order valence-corrected chi connectivity index (χ0v) is 16.4. The van der Waals surface area contributed by atoms with Crippen molar-refractivity contribution in [3.63, 3.8) is 0 Å². The number of carbonyl (C=O) groups excluding carboxylic acids is 2. The fraction of sp³-hybridized carbons (Fsp3) is 0.273. The van der Waals surface area contributed by atoms with Crippen LogP contribution < -0.4 is 20.7 Å². The van der Waals surface area contributed by atoms with E-state index in [1.807, 2.05) is 32.0 Å². The van der Waals surface area contributed by atoms with Gasteiger partial charge in [-0.25, -0.2) is 0 Å². The van der Waals surface area contributed by atoms with Crippen molar-refractivity contribution in [2.75, 3.05) is 30.3 Å². The summed E-state index contributed by atoms with van der Waals surface area (Å²) in [7, 11) is 0. The molecule has 2 aromatic carbocycles. The van der Waals surface area contributed by atoms with Crippen LogP contribution in [0.25, 0.3) is 0 Å². The molecule has 148 valence electrons. The van der Waals surface area contributed by atoms with E-state index in [4.69, 9.17) is 4.74 Å². The third kappa shape index (κ3) is 7.15. The summed E-state index contributed by atoms with van der Waals surface area (Å²) in [6.07, 6.45) is 0.878. The minimum atomic E-state index is -0.196. The second kappa shape index (κ2) is 10.8. The van der Waals surface area contributed by atoms with Crippen LogP contribution in [-0.4, -0.2) is 31.5 Å². The van der Waals surface area contributed by atoms with Crippen LogP contribution in [0.3, 0.4) is 0 Å². The van der Waals surface area contributed by atoms with Crippen molar-refractivity contribution in [3.05, 3.63) is 66.2 Å². The SMILES string of the molecule is C=C(C)COc1cccc(NC(=O)CNc2cccc(C(=O)NCCC)c2)c1. The number of rotatable bonds is 10. The molecule has 0 radical (unpaired) electrons. The van der Waals surface area contributed by atoms with E-state index in [9.17, 15) is 9.59 Å². The van der Waals surface area contributed by atoms with E-state index >= 15 is 0 Å². The van der Waals surface area contributed by atoms with Crippen LogP contribution in [0.15, 0.2) is 60.7 Å². The Morgan fingerprint density at radius 1 is 1.07 bits per heavy atom. The number of benzene rings is 2. The molecule has 0 heterocycles. The summed E-state index contributed by atoms with van der Waals surface area (Å²) >= 11 is 0. The van der Waals surface area contributed by atoms with Crippen molar-refractivity contribution in [1.29, 1.82) is 0 Å². The molecule has 2 amide bonds. The molecule has 2 aromatic rings. The molecule has 0 aliphatic rings. The van der Waals surface area contributed by atoms with Crippen LogP contribution >= 0.6 is 0 Å². The predicted molar refractivity (Wildman–Crippen MR) is 113 cm³/mol. The van der Waals surface area contributed by atoms with Crippen molar-refractivity contribution in [2.45, 2.75) is 20.3 Å². The number of hydrogen-bond acceptors (Lipinski definition) is 4. The Labute approximate surface area is 166 Å². The fourth-order valence-corrected chi connectivity index (χ4v) is 2.37. The molecule has 2 rings (SSSR count). The molecule has 0 saturated heterocycles. The zero-order valence-electron chi connectivity index (χ0n) is 16.4. The number of nitrogens with one attached hydrogen (secondary N) is 3. The molecule has 6 nitrogen and oxygen atoms in total. The molecule has 6 heteroatoms. The fourth-order valence-electron chi connectivity index (χ4n) is 2.37. The van der Waals surface area contributed by atoms with Crippen LogP contribution in [0.1, 0.15) is 30.6 Å². The number of anilines is 2. The van der Waals surface area contributed by atoms with E-state index in [0.717, 1.165) is 12.0 Å². The van der Waals surface area contributed by atoms with Crippen molar-refractivity contribution >= 4 is 23.2 Å². The van der Waals surface area contributed by atoms with Crippen molar-refractivity contribution in [2.24, 2.45) is 0 Å². The number of amides is 2. The van der Waals surface area contributed by atoms with Crippen LogP contribution in [0, 0.1) is 0 Å². The van der Waals surface area contributed by atoms with Gasteiger partial charge in [-0.15, -0.1) is 0 Å². The van der Waals surface area contributed by atoms with Gasteiger partial charge in [0.1, 0.15) is 12.4 Å². The maximum absolute atomic E-state index is 12.2. The first-order valence-corrected chi connectivity index (χ1v) is 9.27. The maximum atomic E-state index is 12.2. The summed E-state index contributed by atoms with van der Waals surface area (Å²) in [6.45, 7) is 8.83. The first-order chi connectivity index (χ1) is 13.5. The van der Waals surface area contributed by atoms with Crippen molar-refractivity contribution in [3.8, 4) is 5.75 Å². The largest absolute Gasteiger partial charge is 0.489 e. The lowest BCUT2D eigenvalue weighted by atomic mass is 10.2. The predicted octanol–water partition coefficient (Wildman–Crippen LogP) is 3.83. The molecular weight excluding hydrogens is 354 g/mol. The highest BCUT2D eigenvalue weighted by Crippen LogP contribution is 2.18. The van der Waals surface area contributed by atoms with Gasteiger partial charge in [0.25, 0.3) is 5.91 Å². The monoisotopic (exact) mass is 381 g/mol. The molecule has 0 aliphatic carbocycles. The third-order valence-corrected chi connectivity index (χ3v) is 3.72. The van der Waals surface area contributed by atoms with E-state index in [1.54, 1.807) is 30.3 Å². The highest BCUT2D eigenvalue weighted by atomic mass is 16.5. The van der Waals surface area contributed by atoms with Gasteiger partial charge in [0.15, 0.2) is 0 Å². The first kappa shape index (κ1) is 21.0. The normalized spacial score (nSPS) is 10.1. The van der Waals surface area contributed by atoms with E-state index < -0.39 is 0 Å². The third-order valence-electron chi connectivity index (χ3n) is 3.72. The first-order valence-electron chi connectivity index (χ1n) is 9.27. The van der Waals surface area contributed by atoms with Crippen LogP contribution in [0.2, 0.25) is 0 Å². The summed E-state index contributed by atoms with van der Waals surface area (Å²) in [6, 6.07) is 14.3. The second-order valence-electron chi connectivity index (χ2n) is 6.51. The molecular formula is C22H27N3O3. The van der Waals surface area contributed by atoms with Crippen LogP contribution in [-0.2, 0) is 4.79 Å². The van der Waals surface area contributed by atoms with E-state index in [-0.39, 0.29) is 18.4 Å². The maximum Gasteiger partial charge on any atom is 0.251 e. The molecule has 0 unspecified atom stereocenters. The van der Waals surface area contributed by atoms with Gasteiger partial charge in [0.05, 0.1) is 6.54 Å². The smallest absolute Gasteiger partial charge is 0.251 e. The van der Waals surface area contributed by atoms with Gasteiger partial charge < -0.3 is 20.7 Å². The summed E-state index contributed by atoms with van der Waals surface area (Å²) in [5.74, 6) is 0.346. The highest BCUT2D eigenvalue weighted by Gasteiger charge is 2.07. The van der Waals surface area contributed by atoms with Gasteiger partial charge in [0.2, 0.25) is 5.91 Å². The lowest BCUT2D eigenvalue weighted by molar-refractivity contribution is -0.114. The van der Waals surface area contributed by atoms with E-state index in [1.165, 1.54) is 0 Å². The lowest BCUT2D eigenvalue weighted by Crippen LogP contribution is -2.24. The second-order valence-corrected chi connectivity index (χ2v) is 6.51. The summed E-state index contributed by atoms with van der Waals surface area (Å²) in [5, 5.41) is 8.69. The molecule has 0 spiro atoms. The Kier molecular flexibility index (Phi) is 8.09. The topological polar surface area (TPSA) is 79.5 Å². The van der Waals surface area contributed by atoms with Gasteiger partial charge in [0, 0.05) is 29.5 Å². The van der Waals surface area contributed by atoms with Crippen LogP contribution in [0.5, 0.6) is 5.75 Å². The lowest BCUT2D eigenvalue weighted by Gasteiger charge is -2.11. The Hall–Kier alpha value is -3.28. The molecule has 0 aromatic heterocycles. The molecule has 0 saturated carbocycles. The Bertz CT molecular complexity index is 833. The summed E-state index contributed by atoms with van der Waals surface area (Å²) < 4.78 is 5.58. The molecule has 0 atom stereocenters. The van der Waals surface area contributed by atoms with Crippen LogP contribution in [0.4, 0.5) is 11.4 Å². The number of ether oxygens (including phenoxy) is 1. The molecule has 0 bridgehead atoms. The number of hydrogen-bond donors (Lipinski definition) is 3. The van der Waals surface area contributed by atoms with Crippen molar-refractivity contribution in [1.82, 2.24) is 5.32 Å². The highest BCUT2D eigenvalue weighted by molar-refractivity contribution is 5.96. The van der Waals surface area contributed by atoms with Gasteiger partial charge in [-0.05, 0) is 49.2 Å². The molecule has 28 heavy (non-hydrogen) atoms. The average Bonchev–Trinajstić information content (AvgIpc) is 2.69. The number of carbonyl (C=O) groups is 2. The van der Waals surface area contributed by atoms with Gasteiger partial charge in [-0.3, -0.25) is 9.59 Å². The Morgan fingerprint density at radius 3 is 2.57 bits per heavy atom. The van der Waals surface area contributed by atoms with Crippen molar-refractivity contribution < 1.29 is 14.3 Å². The Balaban J connectivity index is 1.88. The van der Waals surface area contributed by atoms with Gasteiger partial charge >= 0.3 is 0 Å². The summed E-state index contributed by atoms with van der Waals surface area (Å²) in [5.41, 5.74) is 2.84. The summed E-state index contributed by atoms with van der Waals surface area (Å²) in [4.78, 5) is 24.2. The molecule has 0 aliphatic heterocycles. The molecule has 3 N–H and O–H groups in total. The quantitative estimate of drug-likeness (QED) is 0.547. The van der Waals surface area contributed by atoms with E-state index in [2.05, 4.69) is 22.5 Å². The zero-order chi connectivity index (χ0) is 20.4. The minimum absolute atomic E-state index is 0.0802. The standard InChI is InChI=1S/C22H27N3O3/c1-4-11-23-22(27)17-7-5-8-18(12-17)24-14-21(26)25-19-9-6-10-20(13-19)28-15-16(2)3/h5-10,12-13,24H,2,4,11,14-15H2,1,3H3,(H,23,27)(H,25,26). The average molecular weight is 381 g/mol. The van der Waals surface area contributed by atoms with Gasteiger partial charge in [-0.1, -0.05) is 25.6 Å². The van der Waals surface area contributed by atoms with Gasteiger partial charge in [-0.2, -0.15) is 0 Å². The van der Waals surface area contributed by atoms with E-state index in [0.29, 0.717) is 35.8 Å². The Morgan fingerprint density at radius 2 is 1.82 bits per heavy atom. The minimum Gasteiger partial charge on any atom is -0.489 e. The molecule has 0 fully saturated rings.